The fourth-order valence-electron chi connectivity index (χ4n) is 3.52. The quantitative estimate of drug-likeness (QED) is 0.594. The van der Waals surface area contributed by atoms with Crippen LogP contribution < -0.4 is 10.1 Å². The second-order valence-electron chi connectivity index (χ2n) is 6.86. The molecule has 0 radical (unpaired) electrons. The summed E-state index contributed by atoms with van der Waals surface area (Å²) >= 11 is 12.4. The van der Waals surface area contributed by atoms with Crippen molar-refractivity contribution in [2.75, 3.05) is 13.7 Å². The minimum absolute atomic E-state index is 0.135. The molecule has 1 aliphatic heterocycles. The Morgan fingerprint density at radius 3 is 2.68 bits per heavy atom. The molecule has 2 aromatic heterocycles. The van der Waals surface area contributed by atoms with E-state index >= 15 is 0 Å². The SMILES string of the molecule is COC(=O)c1ccc(C(=O)NC2(c3ccc(Cl)c(Cl)c3)CCOc3cccnc32)nc1. The molecule has 0 spiro atoms. The van der Waals surface area contributed by atoms with Crippen LogP contribution >= 0.6 is 23.2 Å². The third-order valence-electron chi connectivity index (χ3n) is 5.07. The lowest BCUT2D eigenvalue weighted by Crippen LogP contribution is -2.50. The lowest BCUT2D eigenvalue weighted by Gasteiger charge is -2.39. The van der Waals surface area contributed by atoms with E-state index in [4.69, 9.17) is 27.9 Å². The van der Waals surface area contributed by atoms with E-state index < -0.39 is 17.4 Å². The summed E-state index contributed by atoms with van der Waals surface area (Å²) < 4.78 is 10.4. The van der Waals surface area contributed by atoms with Crippen LogP contribution in [0.15, 0.2) is 54.9 Å². The van der Waals surface area contributed by atoms with Gasteiger partial charge in [0.2, 0.25) is 0 Å². The lowest BCUT2D eigenvalue weighted by molar-refractivity contribution is 0.0599. The maximum absolute atomic E-state index is 13.2. The molecule has 1 N–H and O–H groups in total. The first-order valence-electron chi connectivity index (χ1n) is 9.35. The fourth-order valence-corrected chi connectivity index (χ4v) is 3.82. The van der Waals surface area contributed by atoms with Crippen molar-refractivity contribution < 1.29 is 19.1 Å². The van der Waals surface area contributed by atoms with Crippen molar-refractivity contribution >= 4 is 35.1 Å². The van der Waals surface area contributed by atoms with Gasteiger partial charge in [-0.15, -0.1) is 0 Å². The van der Waals surface area contributed by atoms with Gasteiger partial charge in [0.15, 0.2) is 0 Å². The third kappa shape index (κ3) is 3.94. The van der Waals surface area contributed by atoms with Crippen molar-refractivity contribution in [1.82, 2.24) is 15.3 Å². The van der Waals surface area contributed by atoms with Crippen LogP contribution in [-0.4, -0.2) is 35.6 Å². The number of esters is 1. The molecule has 7 nitrogen and oxygen atoms in total. The van der Waals surface area contributed by atoms with Gasteiger partial charge in [-0.1, -0.05) is 29.3 Å². The van der Waals surface area contributed by atoms with Crippen molar-refractivity contribution in [1.29, 1.82) is 0 Å². The molecule has 4 rings (SSSR count). The number of nitrogens with zero attached hydrogens (tertiary/aromatic N) is 2. The molecule has 1 unspecified atom stereocenters. The number of methoxy groups -OCH3 is 1. The van der Waals surface area contributed by atoms with Gasteiger partial charge in [0.25, 0.3) is 5.91 Å². The standard InChI is InChI=1S/C22H17Cl2N3O4/c1-30-21(29)13-4-7-17(26-12-13)20(28)27-22(14-5-6-15(23)16(24)11-14)8-10-31-18-3-2-9-25-19(18)22/h2-7,9,11-12H,8,10H2,1H3,(H,27,28). The number of carbonyl (C=O) groups excluding carboxylic acids is 2. The van der Waals surface area contributed by atoms with Gasteiger partial charge >= 0.3 is 5.97 Å². The van der Waals surface area contributed by atoms with E-state index in [0.717, 1.165) is 0 Å². The van der Waals surface area contributed by atoms with Crippen LogP contribution in [-0.2, 0) is 10.3 Å². The largest absolute Gasteiger partial charge is 0.491 e. The van der Waals surface area contributed by atoms with Crippen LogP contribution in [0.4, 0.5) is 0 Å². The Balaban J connectivity index is 1.77. The highest BCUT2D eigenvalue weighted by Gasteiger charge is 2.43. The van der Waals surface area contributed by atoms with Crippen LogP contribution in [0.5, 0.6) is 5.75 Å². The highest BCUT2D eigenvalue weighted by Crippen LogP contribution is 2.42. The number of ether oxygens (including phenoxy) is 2. The van der Waals surface area contributed by atoms with Crippen molar-refractivity contribution in [2.24, 2.45) is 0 Å². The van der Waals surface area contributed by atoms with Crippen molar-refractivity contribution in [3.05, 3.63) is 87.4 Å². The molecule has 1 atom stereocenters. The molecule has 1 aliphatic rings. The Morgan fingerprint density at radius 2 is 1.97 bits per heavy atom. The van der Waals surface area contributed by atoms with Gasteiger partial charge in [-0.2, -0.15) is 0 Å². The Hall–Kier alpha value is -3.16. The van der Waals surface area contributed by atoms with Crippen LogP contribution in [0.25, 0.3) is 0 Å². The first-order valence-corrected chi connectivity index (χ1v) is 10.1. The van der Waals surface area contributed by atoms with Crippen molar-refractivity contribution in [2.45, 2.75) is 12.0 Å². The molecule has 1 aromatic carbocycles. The second-order valence-corrected chi connectivity index (χ2v) is 7.68. The summed E-state index contributed by atoms with van der Waals surface area (Å²) in [6.07, 6.45) is 3.35. The Kier molecular flexibility index (Phi) is 5.80. The summed E-state index contributed by atoms with van der Waals surface area (Å²) in [5.74, 6) is -0.413. The maximum Gasteiger partial charge on any atom is 0.339 e. The summed E-state index contributed by atoms with van der Waals surface area (Å²) in [5.41, 5.74) is 0.638. The summed E-state index contributed by atoms with van der Waals surface area (Å²) in [6.45, 7) is 0.355. The third-order valence-corrected chi connectivity index (χ3v) is 5.81. The molecule has 1 amide bonds. The Labute approximate surface area is 188 Å². The summed E-state index contributed by atoms with van der Waals surface area (Å²) in [5, 5.41) is 3.83. The van der Waals surface area contributed by atoms with E-state index in [1.807, 2.05) is 0 Å². The van der Waals surface area contributed by atoms with E-state index in [2.05, 4.69) is 20.0 Å². The van der Waals surface area contributed by atoms with Gasteiger partial charge in [-0.25, -0.2) is 4.79 Å². The zero-order chi connectivity index (χ0) is 22.0. The van der Waals surface area contributed by atoms with Gasteiger partial charge in [-0.3, -0.25) is 14.8 Å². The van der Waals surface area contributed by atoms with Crippen LogP contribution in [0, 0.1) is 0 Å². The zero-order valence-corrected chi connectivity index (χ0v) is 17.9. The van der Waals surface area contributed by atoms with Gasteiger partial charge in [0.05, 0.1) is 29.3 Å². The predicted molar refractivity (Wildman–Crippen MR) is 115 cm³/mol. The molecular weight excluding hydrogens is 441 g/mol. The molecule has 9 heteroatoms. The molecule has 31 heavy (non-hydrogen) atoms. The first-order chi connectivity index (χ1) is 14.9. The highest BCUT2D eigenvalue weighted by molar-refractivity contribution is 6.42. The first kappa shape index (κ1) is 21.1. The number of amides is 1. The number of hydrogen-bond donors (Lipinski definition) is 1. The molecule has 158 valence electrons. The monoisotopic (exact) mass is 457 g/mol. The fraction of sp³-hybridized carbons (Fsp3) is 0.182. The summed E-state index contributed by atoms with van der Waals surface area (Å²) in [6, 6.07) is 11.7. The summed E-state index contributed by atoms with van der Waals surface area (Å²) in [4.78, 5) is 33.4. The molecule has 3 heterocycles. The summed E-state index contributed by atoms with van der Waals surface area (Å²) in [7, 11) is 1.28. The molecular formula is C22H17Cl2N3O4. The number of rotatable bonds is 4. The van der Waals surface area contributed by atoms with E-state index in [9.17, 15) is 9.59 Å². The van der Waals surface area contributed by atoms with Gasteiger partial charge in [0.1, 0.15) is 22.7 Å². The number of fused-ring (bicyclic) bond motifs is 1. The predicted octanol–water partition coefficient (Wildman–Crippen LogP) is 4.03. The molecule has 0 fully saturated rings. The van der Waals surface area contributed by atoms with Gasteiger partial charge < -0.3 is 14.8 Å². The number of aromatic nitrogens is 2. The highest BCUT2D eigenvalue weighted by atomic mass is 35.5. The van der Waals surface area contributed by atoms with E-state index in [1.165, 1.54) is 25.4 Å². The number of pyridine rings is 2. The van der Waals surface area contributed by atoms with E-state index in [1.54, 1.807) is 36.5 Å². The maximum atomic E-state index is 13.2. The van der Waals surface area contributed by atoms with Crippen LogP contribution in [0.1, 0.15) is 38.5 Å². The number of hydrogen-bond acceptors (Lipinski definition) is 6. The van der Waals surface area contributed by atoms with Crippen molar-refractivity contribution in [3.8, 4) is 5.75 Å². The number of carbonyl (C=O) groups is 2. The molecule has 0 aliphatic carbocycles. The Bertz CT molecular complexity index is 1150. The average molecular weight is 458 g/mol. The van der Waals surface area contributed by atoms with Crippen LogP contribution in [0.3, 0.4) is 0 Å². The molecule has 0 saturated carbocycles. The normalized spacial score (nSPS) is 17.3. The number of benzene rings is 1. The average Bonchev–Trinajstić information content (AvgIpc) is 2.80. The smallest absolute Gasteiger partial charge is 0.339 e. The second kappa shape index (κ2) is 8.53. The zero-order valence-electron chi connectivity index (χ0n) is 16.4. The molecule has 0 saturated heterocycles. The van der Waals surface area contributed by atoms with Crippen molar-refractivity contribution in [3.63, 3.8) is 0 Å². The minimum atomic E-state index is -1.01. The molecule has 3 aromatic rings. The van der Waals surface area contributed by atoms with E-state index in [0.29, 0.717) is 40.1 Å². The van der Waals surface area contributed by atoms with E-state index in [-0.39, 0.29) is 11.3 Å². The topological polar surface area (TPSA) is 90.4 Å². The minimum Gasteiger partial charge on any atom is -0.491 e. The van der Waals surface area contributed by atoms with Gasteiger partial charge in [0, 0.05) is 18.8 Å². The molecule has 0 bridgehead atoms. The Morgan fingerprint density at radius 1 is 1.13 bits per heavy atom. The van der Waals surface area contributed by atoms with Gasteiger partial charge in [-0.05, 0) is 42.0 Å². The number of nitrogens with one attached hydrogen (secondary N) is 1. The lowest BCUT2D eigenvalue weighted by atomic mass is 9.81. The van der Waals surface area contributed by atoms with Crippen LogP contribution in [0.2, 0.25) is 10.0 Å². The number of halogens is 2.